The first-order valence-electron chi connectivity index (χ1n) is 8.90. The molecule has 0 saturated heterocycles. The SMILES string of the molecule is CCCCCC1CCC(C2CCC(N=C=S)CC2)CC1. The quantitative estimate of drug-likeness (QED) is 0.330. The van der Waals surface area contributed by atoms with Crippen molar-refractivity contribution in [2.75, 3.05) is 0 Å². The van der Waals surface area contributed by atoms with E-state index in [0.29, 0.717) is 6.04 Å². The topological polar surface area (TPSA) is 12.4 Å². The van der Waals surface area contributed by atoms with Gasteiger partial charge in [0.25, 0.3) is 0 Å². The molecule has 0 atom stereocenters. The summed E-state index contributed by atoms with van der Waals surface area (Å²) < 4.78 is 0. The van der Waals surface area contributed by atoms with Gasteiger partial charge in [0.1, 0.15) is 0 Å². The van der Waals surface area contributed by atoms with Crippen LogP contribution < -0.4 is 0 Å². The van der Waals surface area contributed by atoms with Gasteiger partial charge >= 0.3 is 0 Å². The van der Waals surface area contributed by atoms with E-state index in [4.69, 9.17) is 12.2 Å². The predicted molar refractivity (Wildman–Crippen MR) is 90.4 cm³/mol. The van der Waals surface area contributed by atoms with Crippen LogP contribution in [0.1, 0.15) is 84.0 Å². The number of hydrogen-bond acceptors (Lipinski definition) is 2. The summed E-state index contributed by atoms with van der Waals surface area (Å²) in [6.45, 7) is 2.31. The molecule has 0 bridgehead atoms. The van der Waals surface area contributed by atoms with Gasteiger partial charge in [0.05, 0.1) is 11.2 Å². The van der Waals surface area contributed by atoms with Gasteiger partial charge in [0.15, 0.2) is 0 Å². The van der Waals surface area contributed by atoms with Crippen molar-refractivity contribution in [2.45, 2.75) is 90.0 Å². The molecule has 2 aliphatic carbocycles. The summed E-state index contributed by atoms with van der Waals surface area (Å²) >= 11 is 4.73. The summed E-state index contributed by atoms with van der Waals surface area (Å²) in [4.78, 5) is 4.28. The van der Waals surface area contributed by atoms with Crippen molar-refractivity contribution in [2.24, 2.45) is 22.7 Å². The van der Waals surface area contributed by atoms with Crippen LogP contribution in [0.3, 0.4) is 0 Å². The summed E-state index contributed by atoms with van der Waals surface area (Å²) in [5.41, 5.74) is 0. The maximum absolute atomic E-state index is 4.73. The number of aliphatic imine (C=N–C) groups is 1. The fraction of sp³-hybridized carbons (Fsp3) is 0.944. The molecule has 2 heteroatoms. The maximum atomic E-state index is 4.73. The lowest BCUT2D eigenvalue weighted by Crippen LogP contribution is -2.26. The van der Waals surface area contributed by atoms with E-state index in [1.165, 1.54) is 77.0 Å². The van der Waals surface area contributed by atoms with Gasteiger partial charge in [-0.25, -0.2) is 4.99 Å². The Balaban J connectivity index is 1.65. The van der Waals surface area contributed by atoms with Crippen molar-refractivity contribution in [3.8, 4) is 0 Å². The minimum absolute atomic E-state index is 0.495. The Bertz CT molecular complexity index is 305. The van der Waals surface area contributed by atoms with E-state index < -0.39 is 0 Å². The number of isothiocyanates is 1. The van der Waals surface area contributed by atoms with Crippen molar-refractivity contribution >= 4 is 17.4 Å². The second kappa shape index (κ2) is 8.95. The molecule has 2 aliphatic rings. The van der Waals surface area contributed by atoms with E-state index in [0.717, 1.165) is 17.8 Å². The Kier molecular flexibility index (Phi) is 7.24. The summed E-state index contributed by atoms with van der Waals surface area (Å²) in [6.07, 6.45) is 17.1. The molecule has 0 unspecified atom stereocenters. The van der Waals surface area contributed by atoms with Gasteiger partial charge in [-0.05, 0) is 68.5 Å². The second-order valence-electron chi connectivity index (χ2n) is 7.07. The van der Waals surface area contributed by atoms with Crippen LogP contribution in [0.4, 0.5) is 0 Å². The molecule has 2 saturated carbocycles. The van der Waals surface area contributed by atoms with Gasteiger partial charge < -0.3 is 0 Å². The number of nitrogens with zero attached hydrogens (tertiary/aromatic N) is 1. The number of rotatable bonds is 6. The largest absolute Gasteiger partial charge is 0.229 e. The zero-order valence-corrected chi connectivity index (χ0v) is 14.0. The molecule has 0 heterocycles. The third kappa shape index (κ3) is 4.97. The van der Waals surface area contributed by atoms with Crippen molar-refractivity contribution in [1.82, 2.24) is 0 Å². The van der Waals surface area contributed by atoms with Crippen LogP contribution in [0, 0.1) is 17.8 Å². The van der Waals surface area contributed by atoms with Gasteiger partial charge in [0, 0.05) is 0 Å². The lowest BCUT2D eigenvalue weighted by molar-refractivity contribution is 0.156. The molecule has 2 fully saturated rings. The molecule has 1 nitrogen and oxygen atoms in total. The Morgan fingerprint density at radius 2 is 1.50 bits per heavy atom. The van der Waals surface area contributed by atoms with Crippen LogP contribution in [0.5, 0.6) is 0 Å². The van der Waals surface area contributed by atoms with Gasteiger partial charge in [-0.1, -0.05) is 45.4 Å². The van der Waals surface area contributed by atoms with E-state index in [1.807, 2.05) is 0 Å². The molecule has 20 heavy (non-hydrogen) atoms. The summed E-state index contributed by atoms with van der Waals surface area (Å²) in [7, 11) is 0. The number of hydrogen-bond donors (Lipinski definition) is 0. The Morgan fingerprint density at radius 1 is 0.900 bits per heavy atom. The van der Waals surface area contributed by atoms with E-state index in [1.54, 1.807) is 0 Å². The lowest BCUT2D eigenvalue weighted by atomic mass is 9.69. The molecule has 114 valence electrons. The molecule has 0 N–H and O–H groups in total. The highest BCUT2D eigenvalue weighted by Crippen LogP contribution is 2.41. The highest BCUT2D eigenvalue weighted by molar-refractivity contribution is 7.78. The summed E-state index contributed by atoms with van der Waals surface area (Å²) in [6, 6.07) is 0.495. The summed E-state index contributed by atoms with van der Waals surface area (Å²) in [5.74, 6) is 3.06. The lowest BCUT2D eigenvalue weighted by Gasteiger charge is -2.37. The molecule has 0 aromatic carbocycles. The highest BCUT2D eigenvalue weighted by Gasteiger charge is 2.30. The molecule has 0 spiro atoms. The molecule has 2 rings (SSSR count). The zero-order valence-electron chi connectivity index (χ0n) is 13.2. The maximum Gasteiger partial charge on any atom is 0.0603 e. The van der Waals surface area contributed by atoms with Crippen molar-refractivity contribution in [3.05, 3.63) is 0 Å². The molecule has 0 aromatic rings. The second-order valence-corrected chi connectivity index (χ2v) is 7.25. The molecular weight excluding hydrogens is 262 g/mol. The number of thiocarbonyl (C=S) groups is 1. The van der Waals surface area contributed by atoms with Crippen molar-refractivity contribution in [1.29, 1.82) is 0 Å². The average Bonchev–Trinajstić information content (AvgIpc) is 2.49. The Hall–Kier alpha value is -0.200. The van der Waals surface area contributed by atoms with Crippen LogP contribution in [0.2, 0.25) is 0 Å². The van der Waals surface area contributed by atoms with Crippen molar-refractivity contribution in [3.63, 3.8) is 0 Å². The van der Waals surface area contributed by atoms with Crippen LogP contribution in [0.25, 0.3) is 0 Å². The van der Waals surface area contributed by atoms with E-state index in [2.05, 4.69) is 17.1 Å². The summed E-state index contributed by atoms with van der Waals surface area (Å²) in [5, 5.41) is 2.57. The first kappa shape index (κ1) is 16.2. The van der Waals surface area contributed by atoms with E-state index in [9.17, 15) is 0 Å². The van der Waals surface area contributed by atoms with E-state index in [-0.39, 0.29) is 0 Å². The van der Waals surface area contributed by atoms with Crippen LogP contribution in [-0.4, -0.2) is 11.2 Å². The first-order chi connectivity index (χ1) is 9.83. The van der Waals surface area contributed by atoms with Gasteiger partial charge in [-0.2, -0.15) is 0 Å². The normalized spacial score (nSPS) is 34.5. The zero-order chi connectivity index (χ0) is 14.2. The van der Waals surface area contributed by atoms with Crippen LogP contribution >= 0.6 is 12.2 Å². The monoisotopic (exact) mass is 293 g/mol. The average molecular weight is 294 g/mol. The minimum Gasteiger partial charge on any atom is -0.229 e. The van der Waals surface area contributed by atoms with E-state index >= 15 is 0 Å². The fourth-order valence-corrected chi connectivity index (χ4v) is 4.56. The standard InChI is InChI=1S/C18H31NS/c1-2-3-4-5-15-6-8-16(9-7-15)17-10-12-18(13-11-17)19-14-20/h15-18H,2-13H2,1H3. The van der Waals surface area contributed by atoms with Gasteiger partial charge in [-0.3, -0.25) is 0 Å². The number of unbranched alkanes of at least 4 members (excludes halogenated alkanes) is 2. The minimum atomic E-state index is 0.495. The van der Waals surface area contributed by atoms with Crippen LogP contribution in [0.15, 0.2) is 4.99 Å². The molecule has 0 amide bonds. The van der Waals surface area contributed by atoms with Crippen molar-refractivity contribution < 1.29 is 0 Å². The highest BCUT2D eigenvalue weighted by atomic mass is 32.1. The third-order valence-corrected chi connectivity index (χ3v) is 5.86. The fourth-order valence-electron chi connectivity index (χ4n) is 4.41. The Morgan fingerprint density at radius 3 is 2.05 bits per heavy atom. The van der Waals surface area contributed by atoms with Gasteiger partial charge in [0.2, 0.25) is 0 Å². The molecule has 0 radical (unpaired) electrons. The molecular formula is C18H31NS. The third-order valence-electron chi connectivity index (χ3n) is 5.75. The predicted octanol–water partition coefficient (Wildman–Crippen LogP) is 6.03. The smallest absolute Gasteiger partial charge is 0.0603 e. The first-order valence-corrected chi connectivity index (χ1v) is 9.31. The van der Waals surface area contributed by atoms with Gasteiger partial charge in [-0.15, -0.1) is 0 Å². The molecule has 0 aromatic heterocycles. The molecule has 0 aliphatic heterocycles. The van der Waals surface area contributed by atoms with Crippen LogP contribution in [-0.2, 0) is 0 Å². The Labute approximate surface area is 130 Å².